The van der Waals surface area contributed by atoms with E-state index >= 15 is 0 Å². The molecule has 1 aliphatic heterocycles. The van der Waals surface area contributed by atoms with Gasteiger partial charge in [-0.25, -0.2) is 4.39 Å². The minimum atomic E-state index is -0.345. The van der Waals surface area contributed by atoms with Gasteiger partial charge in [-0.15, -0.1) is 0 Å². The number of nitrogens with zero attached hydrogens (tertiary/aromatic N) is 1. The SMILES string of the molecule is CCOc1cc(/C=C2\SC(N)=NC2=O)ccc1OCc1ccc(F)cc1. The number of rotatable bonds is 6. The highest BCUT2D eigenvalue weighted by Gasteiger charge is 2.19. The van der Waals surface area contributed by atoms with Crippen LogP contribution in [0.3, 0.4) is 0 Å². The van der Waals surface area contributed by atoms with Crippen LogP contribution >= 0.6 is 11.8 Å². The van der Waals surface area contributed by atoms with E-state index in [0.717, 1.165) is 22.9 Å². The smallest absolute Gasteiger partial charge is 0.286 e. The topological polar surface area (TPSA) is 73.9 Å². The van der Waals surface area contributed by atoms with Crippen LogP contribution in [0.4, 0.5) is 4.39 Å². The lowest BCUT2D eigenvalue weighted by molar-refractivity contribution is -0.113. The summed E-state index contributed by atoms with van der Waals surface area (Å²) in [5.41, 5.74) is 7.19. The average Bonchev–Trinajstić information content (AvgIpc) is 2.93. The third kappa shape index (κ3) is 4.43. The van der Waals surface area contributed by atoms with Crippen LogP contribution in [0.1, 0.15) is 18.1 Å². The third-order valence-corrected chi connectivity index (χ3v) is 4.32. The summed E-state index contributed by atoms with van der Waals surface area (Å²) in [5.74, 6) is 0.500. The number of hydrogen-bond acceptors (Lipinski definition) is 5. The maximum Gasteiger partial charge on any atom is 0.286 e. The van der Waals surface area contributed by atoms with Crippen molar-refractivity contribution in [3.63, 3.8) is 0 Å². The van der Waals surface area contributed by atoms with E-state index in [2.05, 4.69) is 4.99 Å². The summed E-state index contributed by atoms with van der Waals surface area (Å²) in [4.78, 5) is 15.9. The van der Waals surface area contributed by atoms with Crippen LogP contribution in [0.5, 0.6) is 11.5 Å². The first-order valence-electron chi connectivity index (χ1n) is 7.97. The number of amidine groups is 1. The number of carbonyl (C=O) groups excluding carboxylic acids is 1. The van der Waals surface area contributed by atoms with Gasteiger partial charge in [0.15, 0.2) is 16.7 Å². The summed E-state index contributed by atoms with van der Waals surface area (Å²) >= 11 is 1.14. The van der Waals surface area contributed by atoms with Crippen LogP contribution in [0.25, 0.3) is 6.08 Å². The van der Waals surface area contributed by atoms with Gasteiger partial charge < -0.3 is 15.2 Å². The Morgan fingerprint density at radius 1 is 1.15 bits per heavy atom. The normalized spacial score (nSPS) is 15.2. The maximum atomic E-state index is 13.0. The molecule has 0 saturated carbocycles. The first-order valence-corrected chi connectivity index (χ1v) is 8.79. The van der Waals surface area contributed by atoms with Crippen LogP contribution in [-0.4, -0.2) is 17.7 Å². The second kappa shape index (κ2) is 8.05. The molecule has 0 atom stereocenters. The Hall–Kier alpha value is -2.80. The second-order valence-electron chi connectivity index (χ2n) is 5.42. The fourth-order valence-electron chi connectivity index (χ4n) is 2.32. The lowest BCUT2D eigenvalue weighted by Crippen LogP contribution is -2.01. The number of benzene rings is 2. The van der Waals surface area contributed by atoms with Crippen LogP contribution in [0.2, 0.25) is 0 Å². The van der Waals surface area contributed by atoms with Crippen LogP contribution in [-0.2, 0) is 11.4 Å². The fraction of sp³-hybridized carbons (Fsp3) is 0.158. The molecule has 0 fully saturated rings. The van der Waals surface area contributed by atoms with Crippen molar-refractivity contribution < 1.29 is 18.7 Å². The minimum Gasteiger partial charge on any atom is -0.490 e. The molecule has 0 aliphatic carbocycles. The first-order chi connectivity index (χ1) is 12.5. The van der Waals surface area contributed by atoms with E-state index in [1.807, 2.05) is 13.0 Å². The van der Waals surface area contributed by atoms with Gasteiger partial charge in [0.2, 0.25) is 0 Å². The molecule has 2 N–H and O–H groups in total. The van der Waals surface area contributed by atoms with E-state index in [0.29, 0.717) is 29.6 Å². The predicted molar refractivity (Wildman–Crippen MR) is 101 cm³/mol. The summed E-state index contributed by atoms with van der Waals surface area (Å²) in [7, 11) is 0. The molecule has 1 amide bonds. The zero-order chi connectivity index (χ0) is 18.5. The summed E-state index contributed by atoms with van der Waals surface area (Å²) < 4.78 is 24.4. The number of thioether (sulfide) groups is 1. The van der Waals surface area contributed by atoms with E-state index in [1.165, 1.54) is 12.1 Å². The molecule has 2 aromatic rings. The van der Waals surface area contributed by atoms with Gasteiger partial charge in [-0.05, 0) is 60.2 Å². The maximum absolute atomic E-state index is 13.0. The van der Waals surface area contributed by atoms with E-state index < -0.39 is 0 Å². The molecular formula is C19H17FN2O3S. The van der Waals surface area contributed by atoms with Crippen LogP contribution < -0.4 is 15.2 Å². The Labute approximate surface area is 154 Å². The Balaban J connectivity index is 1.77. The van der Waals surface area contributed by atoms with Crippen molar-refractivity contribution in [3.05, 3.63) is 64.3 Å². The molecule has 134 valence electrons. The monoisotopic (exact) mass is 372 g/mol. The van der Waals surface area contributed by atoms with Crippen molar-refractivity contribution in [1.82, 2.24) is 0 Å². The lowest BCUT2D eigenvalue weighted by atomic mass is 10.2. The lowest BCUT2D eigenvalue weighted by Gasteiger charge is -2.13. The average molecular weight is 372 g/mol. The quantitative estimate of drug-likeness (QED) is 0.782. The fourth-order valence-corrected chi connectivity index (χ4v) is 3.00. The van der Waals surface area contributed by atoms with E-state index in [9.17, 15) is 9.18 Å². The molecule has 3 rings (SSSR count). The molecule has 1 aliphatic rings. The van der Waals surface area contributed by atoms with Gasteiger partial charge in [0.1, 0.15) is 12.4 Å². The molecule has 0 aromatic heterocycles. The Bertz CT molecular complexity index is 879. The number of nitrogens with two attached hydrogens (primary N) is 1. The molecule has 5 nitrogen and oxygen atoms in total. The number of ether oxygens (including phenoxy) is 2. The van der Waals surface area contributed by atoms with E-state index in [4.69, 9.17) is 15.2 Å². The highest BCUT2D eigenvalue weighted by molar-refractivity contribution is 8.18. The molecule has 26 heavy (non-hydrogen) atoms. The first kappa shape index (κ1) is 18.0. The molecule has 0 spiro atoms. The van der Waals surface area contributed by atoms with Gasteiger partial charge in [-0.3, -0.25) is 4.79 Å². The van der Waals surface area contributed by atoms with Gasteiger partial charge in [0.25, 0.3) is 5.91 Å². The number of carbonyl (C=O) groups is 1. The Morgan fingerprint density at radius 2 is 1.92 bits per heavy atom. The van der Waals surface area contributed by atoms with E-state index in [1.54, 1.807) is 30.3 Å². The summed E-state index contributed by atoms with van der Waals surface area (Å²) in [5, 5.41) is 0.241. The van der Waals surface area contributed by atoms with Gasteiger partial charge in [0, 0.05) is 0 Å². The highest BCUT2D eigenvalue weighted by atomic mass is 32.2. The number of halogens is 1. The molecular weight excluding hydrogens is 355 g/mol. The molecule has 0 radical (unpaired) electrons. The largest absolute Gasteiger partial charge is 0.490 e. The second-order valence-corrected chi connectivity index (χ2v) is 6.48. The molecule has 0 unspecified atom stereocenters. The molecule has 7 heteroatoms. The zero-order valence-corrected chi connectivity index (χ0v) is 14.9. The predicted octanol–water partition coefficient (Wildman–Crippen LogP) is 3.73. The van der Waals surface area contributed by atoms with Crippen molar-refractivity contribution in [3.8, 4) is 11.5 Å². The standard InChI is InChI=1S/C19H17FN2O3S/c1-2-24-16-9-13(10-17-18(23)22-19(21)26-17)5-8-15(16)25-11-12-3-6-14(20)7-4-12/h3-10H,2,11H2,1H3,(H2,21,22,23)/b17-10-. The third-order valence-electron chi connectivity index (χ3n) is 3.51. The van der Waals surface area contributed by atoms with Crippen molar-refractivity contribution in [2.24, 2.45) is 10.7 Å². The number of amides is 1. The summed E-state index contributed by atoms with van der Waals surface area (Å²) in [6.07, 6.45) is 1.71. The number of hydrogen-bond donors (Lipinski definition) is 1. The zero-order valence-electron chi connectivity index (χ0n) is 14.1. The van der Waals surface area contributed by atoms with Crippen molar-refractivity contribution in [1.29, 1.82) is 0 Å². The minimum absolute atomic E-state index is 0.241. The Morgan fingerprint density at radius 3 is 2.58 bits per heavy atom. The van der Waals surface area contributed by atoms with Crippen molar-refractivity contribution in [2.75, 3.05) is 6.61 Å². The summed E-state index contributed by atoms with van der Waals surface area (Å²) in [6.45, 7) is 2.63. The molecule has 2 aromatic carbocycles. The van der Waals surface area contributed by atoms with E-state index in [-0.39, 0.29) is 16.9 Å². The van der Waals surface area contributed by atoms with Crippen molar-refractivity contribution >= 4 is 28.9 Å². The summed E-state index contributed by atoms with van der Waals surface area (Å²) in [6, 6.07) is 11.5. The van der Waals surface area contributed by atoms with Gasteiger partial charge in [0.05, 0.1) is 11.5 Å². The van der Waals surface area contributed by atoms with Crippen LogP contribution in [0.15, 0.2) is 52.4 Å². The molecule has 0 saturated heterocycles. The van der Waals surface area contributed by atoms with Gasteiger partial charge >= 0.3 is 0 Å². The molecule has 0 bridgehead atoms. The number of aliphatic imine (C=N–C) groups is 1. The van der Waals surface area contributed by atoms with Gasteiger partial charge in [-0.1, -0.05) is 18.2 Å². The van der Waals surface area contributed by atoms with Crippen LogP contribution in [0, 0.1) is 5.82 Å². The molecule has 1 heterocycles. The van der Waals surface area contributed by atoms with Gasteiger partial charge in [-0.2, -0.15) is 4.99 Å². The highest BCUT2D eigenvalue weighted by Crippen LogP contribution is 2.32. The van der Waals surface area contributed by atoms with Crippen molar-refractivity contribution in [2.45, 2.75) is 13.5 Å². The Kier molecular flexibility index (Phi) is 5.58.